The van der Waals surface area contributed by atoms with Gasteiger partial charge in [-0.3, -0.25) is 4.68 Å². The summed E-state index contributed by atoms with van der Waals surface area (Å²) in [5.74, 6) is 0. The van der Waals surface area contributed by atoms with Crippen molar-refractivity contribution < 1.29 is 4.39 Å². The zero-order valence-corrected chi connectivity index (χ0v) is 17.4. The predicted octanol–water partition coefficient (Wildman–Crippen LogP) is 6.02. The molecule has 1 aliphatic rings. The maximum absolute atomic E-state index is 13.3. The Kier molecular flexibility index (Phi) is 11.6. The summed E-state index contributed by atoms with van der Waals surface area (Å²) in [7, 11) is 3.95. The second-order valence-electron chi connectivity index (χ2n) is 5.20. The first kappa shape index (κ1) is 23.2. The summed E-state index contributed by atoms with van der Waals surface area (Å²) >= 11 is 0. The van der Waals surface area contributed by atoms with Gasteiger partial charge in [0.1, 0.15) is 6.67 Å². The zero-order valence-electron chi connectivity index (χ0n) is 17.4. The Morgan fingerprint density at radius 1 is 1.04 bits per heavy atom. The van der Waals surface area contributed by atoms with Gasteiger partial charge in [-0.1, -0.05) is 41.5 Å². The molecule has 3 nitrogen and oxygen atoms in total. The number of aryl methyl sites for hydroxylation is 2. The standard InChI is InChI=1S/C15H18FN3.3C2H6/c1-18-5-3-4-11-6-14(12(8-16)7-15(11)18)13-9-17-19(2)10-13;3*1-2/h6-7,9-10H,3-5,8H2,1-2H3;3*1-2H3. The molecular weight excluding hydrogens is 313 g/mol. The van der Waals surface area contributed by atoms with Crippen molar-refractivity contribution in [2.75, 3.05) is 18.5 Å². The van der Waals surface area contributed by atoms with Crippen LogP contribution in [0.15, 0.2) is 24.5 Å². The minimum Gasteiger partial charge on any atom is -0.374 e. The van der Waals surface area contributed by atoms with Gasteiger partial charge in [0.2, 0.25) is 0 Å². The number of alkyl halides is 1. The van der Waals surface area contributed by atoms with Gasteiger partial charge in [0.25, 0.3) is 0 Å². The van der Waals surface area contributed by atoms with Gasteiger partial charge in [0, 0.05) is 38.1 Å². The lowest BCUT2D eigenvalue weighted by Crippen LogP contribution is -2.24. The highest BCUT2D eigenvalue weighted by Gasteiger charge is 2.18. The van der Waals surface area contributed by atoms with Crippen molar-refractivity contribution >= 4 is 5.69 Å². The Balaban J connectivity index is 0.000000871. The highest BCUT2D eigenvalue weighted by molar-refractivity contribution is 5.72. The van der Waals surface area contributed by atoms with E-state index in [4.69, 9.17) is 0 Å². The van der Waals surface area contributed by atoms with Crippen LogP contribution in [0.3, 0.4) is 0 Å². The fourth-order valence-electron chi connectivity index (χ4n) is 2.80. The van der Waals surface area contributed by atoms with Crippen molar-refractivity contribution in [1.82, 2.24) is 9.78 Å². The highest BCUT2D eigenvalue weighted by atomic mass is 19.1. The SMILES string of the molecule is CC.CC.CC.CN1CCCc2cc(-c3cnn(C)c3)c(CF)cc21. The Bertz CT molecular complexity index is 605. The average molecular weight is 350 g/mol. The summed E-state index contributed by atoms with van der Waals surface area (Å²) in [5, 5.41) is 4.18. The third-order valence-electron chi connectivity index (χ3n) is 3.82. The van der Waals surface area contributed by atoms with Gasteiger partial charge in [-0.15, -0.1) is 0 Å². The lowest BCUT2D eigenvalue weighted by Gasteiger charge is -2.28. The molecular formula is C21H36FN3. The van der Waals surface area contributed by atoms with Gasteiger partial charge in [-0.05, 0) is 41.7 Å². The van der Waals surface area contributed by atoms with E-state index in [1.807, 2.05) is 60.9 Å². The molecule has 0 aliphatic carbocycles. The molecule has 0 saturated heterocycles. The van der Waals surface area contributed by atoms with E-state index in [1.54, 1.807) is 10.9 Å². The van der Waals surface area contributed by atoms with Gasteiger partial charge in [-0.2, -0.15) is 5.10 Å². The summed E-state index contributed by atoms with van der Waals surface area (Å²) in [6.45, 7) is 12.6. The van der Waals surface area contributed by atoms with E-state index in [1.165, 1.54) is 11.3 Å². The normalized spacial score (nSPS) is 11.8. The Hall–Kier alpha value is -1.84. The number of hydrogen-bond acceptors (Lipinski definition) is 2. The van der Waals surface area contributed by atoms with Crippen molar-refractivity contribution in [3.63, 3.8) is 0 Å². The Morgan fingerprint density at radius 2 is 1.68 bits per heavy atom. The number of halogens is 1. The summed E-state index contributed by atoms with van der Waals surface area (Å²) in [6, 6.07) is 4.13. The average Bonchev–Trinajstić information content (AvgIpc) is 3.12. The first-order valence-electron chi connectivity index (χ1n) is 9.61. The van der Waals surface area contributed by atoms with Crippen LogP contribution in [0, 0.1) is 0 Å². The minimum atomic E-state index is -0.439. The molecule has 0 spiro atoms. The molecule has 4 heteroatoms. The fraction of sp³-hybridized carbons (Fsp3) is 0.571. The molecule has 25 heavy (non-hydrogen) atoms. The second kappa shape index (κ2) is 12.5. The second-order valence-corrected chi connectivity index (χ2v) is 5.20. The number of aromatic nitrogens is 2. The van der Waals surface area contributed by atoms with E-state index in [0.29, 0.717) is 0 Å². The van der Waals surface area contributed by atoms with E-state index in [-0.39, 0.29) is 0 Å². The molecule has 0 unspecified atom stereocenters. The summed E-state index contributed by atoms with van der Waals surface area (Å²) in [4.78, 5) is 2.21. The maximum atomic E-state index is 13.3. The number of nitrogens with zero attached hydrogens (tertiary/aromatic N) is 3. The smallest absolute Gasteiger partial charge is 0.115 e. The van der Waals surface area contributed by atoms with Crippen LogP contribution < -0.4 is 4.90 Å². The molecule has 0 amide bonds. The molecule has 1 aliphatic heterocycles. The number of benzene rings is 1. The summed E-state index contributed by atoms with van der Waals surface area (Å²) in [5.41, 5.74) is 5.20. The summed E-state index contributed by atoms with van der Waals surface area (Å²) < 4.78 is 15.1. The van der Waals surface area contributed by atoms with Crippen LogP contribution >= 0.6 is 0 Å². The van der Waals surface area contributed by atoms with E-state index in [0.717, 1.165) is 36.1 Å². The minimum absolute atomic E-state index is 0.439. The molecule has 0 saturated carbocycles. The van der Waals surface area contributed by atoms with Crippen LogP contribution in [-0.4, -0.2) is 23.4 Å². The first-order valence-corrected chi connectivity index (χ1v) is 9.61. The summed E-state index contributed by atoms with van der Waals surface area (Å²) in [6.07, 6.45) is 5.96. The number of anilines is 1. The van der Waals surface area contributed by atoms with E-state index >= 15 is 0 Å². The number of hydrogen-bond donors (Lipinski definition) is 0. The quantitative estimate of drug-likeness (QED) is 0.661. The Labute approximate surface area is 153 Å². The number of fused-ring (bicyclic) bond motifs is 1. The first-order chi connectivity index (χ1) is 12.2. The van der Waals surface area contributed by atoms with Crippen LogP contribution in [-0.2, 0) is 20.1 Å². The van der Waals surface area contributed by atoms with Crippen molar-refractivity contribution in [3.8, 4) is 11.1 Å². The molecule has 2 heterocycles. The molecule has 2 aromatic rings. The predicted molar refractivity (Wildman–Crippen MR) is 109 cm³/mol. The van der Waals surface area contributed by atoms with Crippen molar-refractivity contribution in [3.05, 3.63) is 35.7 Å². The third-order valence-corrected chi connectivity index (χ3v) is 3.82. The van der Waals surface area contributed by atoms with Gasteiger partial charge in [-0.25, -0.2) is 4.39 Å². The lowest BCUT2D eigenvalue weighted by atomic mass is 9.94. The lowest BCUT2D eigenvalue weighted by molar-refractivity contribution is 0.486. The van der Waals surface area contributed by atoms with Crippen molar-refractivity contribution in [2.24, 2.45) is 7.05 Å². The molecule has 0 N–H and O–H groups in total. The fourth-order valence-corrected chi connectivity index (χ4v) is 2.80. The molecule has 3 rings (SSSR count). The molecule has 1 aromatic heterocycles. The molecule has 0 fully saturated rings. The molecule has 142 valence electrons. The van der Waals surface area contributed by atoms with Gasteiger partial charge >= 0.3 is 0 Å². The van der Waals surface area contributed by atoms with Crippen LogP contribution in [0.1, 0.15) is 59.1 Å². The zero-order chi connectivity index (χ0) is 19.4. The molecule has 1 aromatic carbocycles. The maximum Gasteiger partial charge on any atom is 0.115 e. The monoisotopic (exact) mass is 349 g/mol. The van der Waals surface area contributed by atoms with Gasteiger partial charge in [0.15, 0.2) is 0 Å². The van der Waals surface area contributed by atoms with Crippen LogP contribution in [0.4, 0.5) is 10.1 Å². The van der Waals surface area contributed by atoms with E-state index in [9.17, 15) is 4.39 Å². The number of rotatable bonds is 2. The van der Waals surface area contributed by atoms with Crippen LogP contribution in [0.5, 0.6) is 0 Å². The molecule has 0 bridgehead atoms. The van der Waals surface area contributed by atoms with E-state index < -0.39 is 6.67 Å². The van der Waals surface area contributed by atoms with Crippen LogP contribution in [0.2, 0.25) is 0 Å². The largest absolute Gasteiger partial charge is 0.374 e. The van der Waals surface area contributed by atoms with Crippen molar-refractivity contribution in [1.29, 1.82) is 0 Å². The highest BCUT2D eigenvalue weighted by Crippen LogP contribution is 2.34. The molecule has 0 atom stereocenters. The Morgan fingerprint density at radius 3 is 2.20 bits per heavy atom. The van der Waals surface area contributed by atoms with Gasteiger partial charge in [0.05, 0.1) is 6.20 Å². The van der Waals surface area contributed by atoms with Crippen molar-refractivity contribution in [2.45, 2.75) is 61.1 Å². The van der Waals surface area contributed by atoms with E-state index in [2.05, 4.69) is 23.1 Å². The van der Waals surface area contributed by atoms with Gasteiger partial charge < -0.3 is 4.90 Å². The molecule has 0 radical (unpaired) electrons. The topological polar surface area (TPSA) is 21.1 Å². The third kappa shape index (κ3) is 5.87. The van der Waals surface area contributed by atoms with Crippen LogP contribution in [0.25, 0.3) is 11.1 Å².